The summed E-state index contributed by atoms with van der Waals surface area (Å²) in [5.41, 5.74) is 0. The van der Waals surface area contributed by atoms with Gasteiger partial charge in [-0.05, 0) is 89.9 Å². The Labute approximate surface area is 397 Å². The van der Waals surface area contributed by atoms with Crippen LogP contribution in [0.5, 0.6) is 0 Å². The molecule has 0 aliphatic carbocycles. The molecule has 1 amide bonds. The molecule has 0 aliphatic rings. The largest absolute Gasteiger partial charge is 0.394 e. The monoisotopic (exact) mass is 884 g/mol. The van der Waals surface area contributed by atoms with Crippen LogP contribution in [0.25, 0.3) is 0 Å². The molecule has 0 aliphatic heterocycles. The maximum absolute atomic E-state index is 12.5. The van der Waals surface area contributed by atoms with Crippen LogP contribution < -0.4 is 5.32 Å². The molecule has 0 rings (SSSR count). The quantitative estimate of drug-likeness (QED) is 0.0421. The molecule has 0 fully saturated rings. The lowest BCUT2D eigenvalue weighted by Gasteiger charge is -2.20. The minimum absolute atomic E-state index is 0.0870. The van der Waals surface area contributed by atoms with E-state index >= 15 is 0 Å². The van der Waals surface area contributed by atoms with Gasteiger partial charge in [0, 0.05) is 6.42 Å². The van der Waals surface area contributed by atoms with Crippen molar-refractivity contribution >= 4 is 5.91 Å². The van der Waals surface area contributed by atoms with Crippen molar-refractivity contribution in [3.63, 3.8) is 0 Å². The van der Waals surface area contributed by atoms with Crippen molar-refractivity contribution in [3.8, 4) is 0 Å². The summed E-state index contributed by atoms with van der Waals surface area (Å²) in [6, 6.07) is -0.642. The second-order valence-electron chi connectivity index (χ2n) is 17.6. The molecule has 4 heteroatoms. The van der Waals surface area contributed by atoms with Crippen LogP contribution in [-0.2, 0) is 4.79 Å². The minimum atomic E-state index is -0.857. The van der Waals surface area contributed by atoms with Crippen LogP contribution in [0.15, 0.2) is 122 Å². The molecule has 0 radical (unpaired) electrons. The van der Waals surface area contributed by atoms with E-state index in [0.717, 1.165) is 96.3 Å². The highest BCUT2D eigenvalue weighted by Gasteiger charge is 2.17. The van der Waals surface area contributed by atoms with Gasteiger partial charge in [0.05, 0.1) is 18.8 Å². The number of rotatable bonds is 47. The predicted octanol–water partition coefficient (Wildman–Crippen LogP) is 17.7. The maximum atomic E-state index is 12.5. The third-order valence-corrected chi connectivity index (χ3v) is 11.5. The van der Waals surface area contributed by atoms with Gasteiger partial charge in [0.15, 0.2) is 0 Å². The molecule has 0 aromatic heterocycles. The van der Waals surface area contributed by atoms with Gasteiger partial charge in [0.25, 0.3) is 0 Å². The molecule has 64 heavy (non-hydrogen) atoms. The van der Waals surface area contributed by atoms with Gasteiger partial charge in [-0.1, -0.05) is 257 Å². The second kappa shape index (κ2) is 54.1. The van der Waals surface area contributed by atoms with E-state index in [9.17, 15) is 15.0 Å². The van der Waals surface area contributed by atoms with Crippen molar-refractivity contribution in [3.05, 3.63) is 122 Å². The molecule has 2 unspecified atom stereocenters. The normalized spacial score (nSPS) is 13.9. The second-order valence-corrected chi connectivity index (χ2v) is 17.6. The Balaban J connectivity index is 3.67. The lowest BCUT2D eigenvalue weighted by molar-refractivity contribution is -0.123. The predicted molar refractivity (Wildman–Crippen MR) is 285 cm³/mol. The maximum Gasteiger partial charge on any atom is 0.220 e. The number of hydrogen-bond donors (Lipinski definition) is 3. The van der Waals surface area contributed by atoms with Crippen molar-refractivity contribution in [1.82, 2.24) is 5.32 Å². The lowest BCUT2D eigenvalue weighted by Crippen LogP contribution is -2.45. The summed E-state index contributed by atoms with van der Waals surface area (Å²) in [6.07, 6.45) is 83.3. The minimum Gasteiger partial charge on any atom is -0.394 e. The molecule has 0 spiro atoms. The molecule has 4 nitrogen and oxygen atoms in total. The number of carbonyl (C=O) groups excluding carboxylic acids is 1. The third-order valence-electron chi connectivity index (χ3n) is 11.5. The SMILES string of the molecule is CC/C=C\C/C=C\C/C=C\C/C=C\C/C=C\C/C=C\C/C=C\C/C=C\C/C=C\CCCCCCCC(=O)NC(CO)C(O)/C=C/CCCCCCCCCCCCCCCCCCC. The molecule has 0 aromatic rings. The Bertz CT molecular complexity index is 1280. The van der Waals surface area contributed by atoms with Crippen LogP contribution in [-0.4, -0.2) is 34.9 Å². The van der Waals surface area contributed by atoms with Crippen LogP contribution >= 0.6 is 0 Å². The van der Waals surface area contributed by atoms with E-state index in [2.05, 4.69) is 129 Å². The third kappa shape index (κ3) is 49.8. The fourth-order valence-electron chi connectivity index (χ4n) is 7.41. The standard InChI is InChI=1S/C60H101NO3/c1-3-5-7-9-11-13-15-17-19-21-23-24-25-26-27-28-29-30-31-32-33-34-35-36-38-40-42-44-46-48-50-52-54-56-60(64)61-58(57-62)59(63)55-53-51-49-47-45-43-41-39-37-22-20-18-16-14-12-10-8-6-4-2/h5,7,11,13,17,19,23-24,26-27,29-30,32-33,35-36,40,42,53,55,58-59,62-63H,3-4,6,8-10,12,14-16,18,20-22,25,28,31,34,37-39,41,43-52,54,56-57H2,1-2H3,(H,61,64)/b7-5-,13-11-,19-17-,24-23-,27-26-,30-29-,33-32-,36-35-,42-40-,55-53+. The Morgan fingerprint density at radius 3 is 1.03 bits per heavy atom. The van der Waals surface area contributed by atoms with Crippen molar-refractivity contribution in [2.45, 2.75) is 244 Å². The molecule has 0 saturated heterocycles. The number of carbonyl (C=O) groups is 1. The van der Waals surface area contributed by atoms with Gasteiger partial charge in [-0.15, -0.1) is 0 Å². The Hall–Kier alpha value is -3.21. The first-order valence-corrected chi connectivity index (χ1v) is 26.7. The van der Waals surface area contributed by atoms with Gasteiger partial charge in [-0.2, -0.15) is 0 Å². The van der Waals surface area contributed by atoms with Crippen molar-refractivity contribution in [2.75, 3.05) is 6.61 Å². The van der Waals surface area contributed by atoms with E-state index in [1.807, 2.05) is 6.08 Å². The molecular weight excluding hydrogens is 783 g/mol. The zero-order valence-electron chi connectivity index (χ0n) is 41.8. The van der Waals surface area contributed by atoms with Gasteiger partial charge in [-0.25, -0.2) is 0 Å². The molecule has 0 saturated carbocycles. The van der Waals surface area contributed by atoms with Crippen molar-refractivity contribution in [1.29, 1.82) is 0 Å². The molecule has 0 bridgehead atoms. The number of aliphatic hydroxyl groups is 2. The molecule has 0 aromatic carbocycles. The Morgan fingerprint density at radius 2 is 0.688 bits per heavy atom. The van der Waals surface area contributed by atoms with Crippen LogP contribution in [0.4, 0.5) is 0 Å². The first-order valence-electron chi connectivity index (χ1n) is 26.7. The van der Waals surface area contributed by atoms with Crippen LogP contribution in [0.3, 0.4) is 0 Å². The zero-order valence-corrected chi connectivity index (χ0v) is 41.8. The fraction of sp³-hybridized carbons (Fsp3) is 0.650. The summed E-state index contributed by atoms with van der Waals surface area (Å²) in [6.45, 7) is 4.19. The summed E-state index contributed by atoms with van der Waals surface area (Å²) >= 11 is 0. The highest BCUT2D eigenvalue weighted by atomic mass is 16.3. The van der Waals surface area contributed by atoms with Crippen LogP contribution in [0, 0.1) is 0 Å². The number of nitrogens with one attached hydrogen (secondary N) is 1. The average Bonchev–Trinajstić information content (AvgIpc) is 3.30. The number of allylic oxidation sites excluding steroid dienone is 19. The molecule has 364 valence electrons. The topological polar surface area (TPSA) is 69.6 Å². The Morgan fingerprint density at radius 1 is 0.391 bits per heavy atom. The van der Waals surface area contributed by atoms with E-state index in [-0.39, 0.29) is 12.5 Å². The summed E-state index contributed by atoms with van der Waals surface area (Å²) < 4.78 is 0. The first-order chi connectivity index (χ1) is 31.7. The molecule has 0 heterocycles. The van der Waals surface area contributed by atoms with E-state index < -0.39 is 12.1 Å². The zero-order chi connectivity index (χ0) is 46.3. The molecular formula is C60H101NO3. The lowest BCUT2D eigenvalue weighted by atomic mass is 10.0. The van der Waals surface area contributed by atoms with E-state index in [0.29, 0.717) is 6.42 Å². The number of hydrogen-bond acceptors (Lipinski definition) is 3. The van der Waals surface area contributed by atoms with E-state index in [1.165, 1.54) is 116 Å². The fourth-order valence-corrected chi connectivity index (χ4v) is 7.41. The van der Waals surface area contributed by atoms with E-state index in [1.54, 1.807) is 6.08 Å². The van der Waals surface area contributed by atoms with Gasteiger partial charge in [0.1, 0.15) is 0 Å². The summed E-state index contributed by atoms with van der Waals surface area (Å²) in [5, 5.41) is 23.1. The van der Waals surface area contributed by atoms with Crippen LogP contribution in [0.2, 0.25) is 0 Å². The molecule has 2 atom stereocenters. The molecule has 3 N–H and O–H groups in total. The first kappa shape index (κ1) is 60.8. The smallest absolute Gasteiger partial charge is 0.220 e. The number of aliphatic hydroxyl groups excluding tert-OH is 2. The van der Waals surface area contributed by atoms with Crippen molar-refractivity contribution in [2.24, 2.45) is 0 Å². The highest BCUT2D eigenvalue weighted by Crippen LogP contribution is 2.15. The van der Waals surface area contributed by atoms with Crippen molar-refractivity contribution < 1.29 is 15.0 Å². The van der Waals surface area contributed by atoms with Gasteiger partial charge >= 0.3 is 0 Å². The van der Waals surface area contributed by atoms with Gasteiger partial charge in [-0.3, -0.25) is 4.79 Å². The average molecular weight is 884 g/mol. The summed E-state index contributed by atoms with van der Waals surface area (Å²) in [5.74, 6) is -0.0870. The Kier molecular flexibility index (Phi) is 51.4. The highest BCUT2D eigenvalue weighted by molar-refractivity contribution is 5.76. The summed E-state index contributed by atoms with van der Waals surface area (Å²) in [7, 11) is 0. The van der Waals surface area contributed by atoms with E-state index in [4.69, 9.17) is 0 Å². The van der Waals surface area contributed by atoms with Gasteiger partial charge in [0.2, 0.25) is 5.91 Å². The van der Waals surface area contributed by atoms with Gasteiger partial charge < -0.3 is 15.5 Å². The van der Waals surface area contributed by atoms with Crippen LogP contribution in [0.1, 0.15) is 232 Å². The number of unbranched alkanes of at least 4 members (excludes halogenated alkanes) is 22. The summed E-state index contributed by atoms with van der Waals surface area (Å²) in [4.78, 5) is 12.5. The number of amides is 1.